The Morgan fingerprint density at radius 2 is 1.93 bits per heavy atom. The fourth-order valence-corrected chi connectivity index (χ4v) is 5.04. The minimum Gasteiger partial charge on any atom is -0.378 e. The Balaban J connectivity index is 1.86. The van der Waals surface area contributed by atoms with Crippen LogP contribution in [0.2, 0.25) is 0 Å². The van der Waals surface area contributed by atoms with E-state index in [9.17, 15) is 8.42 Å². The Morgan fingerprint density at radius 1 is 1.21 bits per heavy atom. The van der Waals surface area contributed by atoms with Gasteiger partial charge in [-0.05, 0) is 53.1 Å². The maximum Gasteiger partial charge on any atom is 0.216 e. The number of likely N-dealkylation sites (tertiary alicyclic amines) is 1. The van der Waals surface area contributed by atoms with E-state index in [4.69, 9.17) is 9.73 Å². The van der Waals surface area contributed by atoms with Gasteiger partial charge in [-0.3, -0.25) is 4.99 Å². The Kier molecular flexibility index (Phi) is 9.46. The van der Waals surface area contributed by atoms with Gasteiger partial charge in [0.1, 0.15) is 0 Å². The van der Waals surface area contributed by atoms with Gasteiger partial charge in [-0.1, -0.05) is 0 Å². The molecule has 2 saturated heterocycles. The van der Waals surface area contributed by atoms with Crippen molar-refractivity contribution in [1.82, 2.24) is 19.4 Å². The summed E-state index contributed by atoms with van der Waals surface area (Å²) in [6.07, 6.45) is 2.53. The van der Waals surface area contributed by atoms with Gasteiger partial charge in [0.05, 0.1) is 18.5 Å². The second-order valence-electron chi connectivity index (χ2n) is 8.09. The first-order valence-electron chi connectivity index (χ1n) is 10.6. The molecule has 9 heteroatoms. The van der Waals surface area contributed by atoms with Crippen LogP contribution in [-0.2, 0) is 14.8 Å². The number of nitrogens with zero attached hydrogens (tertiary/aromatic N) is 4. The van der Waals surface area contributed by atoms with Crippen molar-refractivity contribution in [3.05, 3.63) is 0 Å². The summed E-state index contributed by atoms with van der Waals surface area (Å²) in [4.78, 5) is 9.43. The summed E-state index contributed by atoms with van der Waals surface area (Å²) in [5, 5.41) is 3.38. The van der Waals surface area contributed by atoms with Crippen LogP contribution in [0.25, 0.3) is 0 Å². The molecule has 0 aromatic carbocycles. The van der Waals surface area contributed by atoms with E-state index in [1.165, 1.54) is 19.4 Å². The summed E-state index contributed by atoms with van der Waals surface area (Å²) in [6.45, 7) is 12.4. The highest BCUT2D eigenvalue weighted by atomic mass is 32.2. The second-order valence-corrected chi connectivity index (χ2v) is 10.2. The van der Waals surface area contributed by atoms with Crippen molar-refractivity contribution < 1.29 is 13.2 Å². The van der Waals surface area contributed by atoms with Crippen LogP contribution in [0.3, 0.4) is 0 Å². The van der Waals surface area contributed by atoms with Gasteiger partial charge in [-0.2, -0.15) is 4.31 Å². The summed E-state index contributed by atoms with van der Waals surface area (Å²) in [5.74, 6) is 1.57. The van der Waals surface area contributed by atoms with Crippen LogP contribution in [0, 0.1) is 5.92 Å². The van der Waals surface area contributed by atoms with Crippen molar-refractivity contribution in [3.8, 4) is 0 Å². The highest BCUT2D eigenvalue weighted by Gasteiger charge is 2.28. The fraction of sp³-hybridized carbons (Fsp3) is 0.947. The molecule has 2 aliphatic rings. The maximum absolute atomic E-state index is 12.5. The first-order valence-corrected chi connectivity index (χ1v) is 12.2. The average Bonchev–Trinajstić information content (AvgIpc) is 2.65. The van der Waals surface area contributed by atoms with Crippen LogP contribution in [-0.4, -0.2) is 106 Å². The molecular formula is C19H39N5O3S. The summed E-state index contributed by atoms with van der Waals surface area (Å²) in [6, 6.07) is 0. The van der Waals surface area contributed by atoms with Crippen LogP contribution in [0.5, 0.6) is 0 Å². The molecule has 0 amide bonds. The molecule has 0 bridgehead atoms. The molecule has 2 rings (SSSR count). The zero-order valence-corrected chi connectivity index (χ0v) is 18.9. The lowest BCUT2D eigenvalue weighted by Crippen LogP contribution is -2.54. The molecule has 0 aromatic rings. The van der Waals surface area contributed by atoms with Gasteiger partial charge < -0.3 is 19.9 Å². The topological polar surface area (TPSA) is 77.5 Å². The second kappa shape index (κ2) is 11.3. The number of piperidine rings is 1. The van der Waals surface area contributed by atoms with E-state index in [1.54, 1.807) is 4.31 Å². The van der Waals surface area contributed by atoms with E-state index in [2.05, 4.69) is 29.1 Å². The summed E-state index contributed by atoms with van der Waals surface area (Å²) in [5.41, 5.74) is 0. The highest BCUT2D eigenvalue weighted by molar-refractivity contribution is 7.89. The van der Waals surface area contributed by atoms with Gasteiger partial charge in [-0.25, -0.2) is 8.42 Å². The van der Waals surface area contributed by atoms with Crippen LogP contribution in [0.4, 0.5) is 0 Å². The molecule has 2 aliphatic heterocycles. The minimum atomic E-state index is -3.26. The third-order valence-electron chi connectivity index (χ3n) is 5.28. The third-order valence-corrected chi connectivity index (χ3v) is 7.11. The molecule has 0 spiro atoms. The zero-order chi connectivity index (χ0) is 20.6. The molecule has 0 radical (unpaired) electrons. The highest BCUT2D eigenvalue weighted by Crippen LogP contribution is 2.16. The lowest BCUT2D eigenvalue weighted by Gasteiger charge is -2.36. The van der Waals surface area contributed by atoms with Gasteiger partial charge >= 0.3 is 0 Å². The van der Waals surface area contributed by atoms with Crippen LogP contribution >= 0.6 is 0 Å². The van der Waals surface area contributed by atoms with Crippen LogP contribution in [0.1, 0.15) is 33.6 Å². The number of ether oxygens (including phenoxy) is 1. The van der Waals surface area contributed by atoms with Gasteiger partial charge in [0.2, 0.25) is 10.0 Å². The van der Waals surface area contributed by atoms with E-state index in [0.29, 0.717) is 32.1 Å². The standard InChI is InChI=1S/C19H39N5O3S/c1-5-20-19(21-15-18-7-6-8-22(4)16-18)23-9-11-24(12-10-23)28(25,26)14-13-27-17(2)3/h17-18H,5-16H2,1-4H3,(H,20,21). The van der Waals surface area contributed by atoms with E-state index >= 15 is 0 Å². The van der Waals surface area contributed by atoms with Gasteiger partial charge in [0.15, 0.2) is 5.96 Å². The van der Waals surface area contributed by atoms with Crippen molar-refractivity contribution in [2.45, 2.75) is 39.7 Å². The first-order chi connectivity index (χ1) is 13.3. The van der Waals surface area contributed by atoms with Gasteiger partial charge in [0.25, 0.3) is 0 Å². The Labute approximate surface area is 171 Å². The van der Waals surface area contributed by atoms with Crippen LogP contribution < -0.4 is 5.32 Å². The zero-order valence-electron chi connectivity index (χ0n) is 18.1. The summed E-state index contributed by atoms with van der Waals surface area (Å²) >= 11 is 0. The Bertz CT molecular complexity index is 588. The molecule has 2 heterocycles. The molecule has 0 saturated carbocycles. The number of piperazine rings is 1. The largest absolute Gasteiger partial charge is 0.378 e. The minimum absolute atomic E-state index is 0.0501. The Morgan fingerprint density at radius 3 is 2.54 bits per heavy atom. The predicted octanol–water partition coefficient (Wildman–Crippen LogP) is 0.666. The SMILES string of the molecule is CCNC(=NCC1CCCN(C)C1)N1CCN(S(=O)(=O)CCOC(C)C)CC1. The maximum atomic E-state index is 12.5. The molecule has 0 aliphatic carbocycles. The van der Waals surface area contributed by atoms with E-state index in [-0.39, 0.29) is 18.5 Å². The van der Waals surface area contributed by atoms with Crippen molar-refractivity contribution in [3.63, 3.8) is 0 Å². The predicted molar refractivity (Wildman–Crippen MR) is 114 cm³/mol. The van der Waals surface area contributed by atoms with E-state index < -0.39 is 10.0 Å². The quantitative estimate of drug-likeness (QED) is 0.462. The lowest BCUT2D eigenvalue weighted by molar-refractivity contribution is 0.0904. The molecule has 28 heavy (non-hydrogen) atoms. The normalized spacial score (nSPS) is 23.4. The van der Waals surface area contributed by atoms with Crippen molar-refractivity contribution in [1.29, 1.82) is 0 Å². The molecule has 1 N–H and O–H groups in total. The Hall–Kier alpha value is -0.900. The molecule has 0 aromatic heterocycles. The number of sulfonamides is 1. The molecule has 1 atom stereocenters. The van der Waals surface area contributed by atoms with E-state index in [0.717, 1.165) is 25.6 Å². The van der Waals surface area contributed by atoms with Gasteiger partial charge in [-0.15, -0.1) is 0 Å². The third kappa shape index (κ3) is 7.50. The van der Waals surface area contributed by atoms with Crippen molar-refractivity contribution >= 4 is 16.0 Å². The van der Waals surface area contributed by atoms with Crippen molar-refractivity contribution in [2.75, 3.05) is 71.8 Å². The fourth-order valence-electron chi connectivity index (χ4n) is 3.76. The van der Waals surface area contributed by atoms with Crippen LogP contribution in [0.15, 0.2) is 4.99 Å². The molecule has 164 valence electrons. The molecule has 8 nitrogen and oxygen atoms in total. The first kappa shape index (κ1) is 23.4. The summed E-state index contributed by atoms with van der Waals surface area (Å²) < 4.78 is 32.0. The number of hydrogen-bond donors (Lipinski definition) is 1. The number of guanidine groups is 1. The number of rotatable bonds is 8. The average molecular weight is 418 g/mol. The lowest BCUT2D eigenvalue weighted by atomic mass is 9.99. The molecular weight excluding hydrogens is 378 g/mol. The number of nitrogens with one attached hydrogen (secondary N) is 1. The smallest absolute Gasteiger partial charge is 0.216 e. The monoisotopic (exact) mass is 417 g/mol. The molecule has 2 fully saturated rings. The number of aliphatic imine (C=N–C) groups is 1. The number of hydrogen-bond acceptors (Lipinski definition) is 5. The molecule has 1 unspecified atom stereocenters. The van der Waals surface area contributed by atoms with E-state index in [1.807, 2.05) is 13.8 Å². The van der Waals surface area contributed by atoms with Gasteiger partial charge in [0, 0.05) is 45.8 Å². The summed E-state index contributed by atoms with van der Waals surface area (Å²) in [7, 11) is -1.09. The van der Waals surface area contributed by atoms with Crippen molar-refractivity contribution in [2.24, 2.45) is 10.9 Å².